The molecule has 0 aromatic carbocycles. The summed E-state index contributed by atoms with van der Waals surface area (Å²) >= 11 is 0. The van der Waals surface area contributed by atoms with Crippen LogP contribution in [0.4, 0.5) is 0 Å². The van der Waals surface area contributed by atoms with E-state index in [1.807, 2.05) is 0 Å². The molecule has 1 aliphatic carbocycles. The average molecular weight is 182 g/mol. The third-order valence-electron chi connectivity index (χ3n) is 3.83. The smallest absolute Gasteiger partial charge is 0.00820 e. The first-order chi connectivity index (χ1) is 6.11. The van der Waals surface area contributed by atoms with E-state index < -0.39 is 0 Å². The van der Waals surface area contributed by atoms with E-state index in [9.17, 15) is 0 Å². The van der Waals surface area contributed by atoms with Gasteiger partial charge in [0.1, 0.15) is 0 Å². The van der Waals surface area contributed by atoms with Crippen molar-refractivity contribution in [3.63, 3.8) is 0 Å². The van der Waals surface area contributed by atoms with Gasteiger partial charge in [-0.2, -0.15) is 0 Å². The molecular formula is C11H22N2. The summed E-state index contributed by atoms with van der Waals surface area (Å²) in [5, 5.41) is 0. The number of hydrogen-bond donors (Lipinski definition) is 1. The second-order valence-electron chi connectivity index (χ2n) is 5.32. The minimum atomic E-state index is 0.355. The lowest BCUT2D eigenvalue weighted by molar-refractivity contribution is -0.0814. The zero-order chi connectivity index (χ0) is 9.47. The molecule has 2 atom stereocenters. The average Bonchev–Trinajstić information content (AvgIpc) is 1.77. The minimum absolute atomic E-state index is 0.355. The molecule has 1 saturated heterocycles. The third kappa shape index (κ3) is 1.75. The Morgan fingerprint density at radius 3 is 2.31 bits per heavy atom. The normalized spacial score (nSPS) is 30.7. The van der Waals surface area contributed by atoms with E-state index in [0.717, 1.165) is 11.8 Å². The highest BCUT2D eigenvalue weighted by molar-refractivity contribution is 5.01. The zero-order valence-corrected chi connectivity index (χ0v) is 8.92. The van der Waals surface area contributed by atoms with Crippen LogP contribution in [-0.2, 0) is 0 Å². The van der Waals surface area contributed by atoms with E-state index >= 15 is 0 Å². The van der Waals surface area contributed by atoms with Crippen LogP contribution in [0.15, 0.2) is 0 Å². The molecule has 1 saturated carbocycles. The van der Waals surface area contributed by atoms with Gasteiger partial charge in [-0.25, -0.2) is 0 Å². The lowest BCUT2D eigenvalue weighted by Gasteiger charge is -2.58. The fourth-order valence-electron chi connectivity index (χ4n) is 2.81. The van der Waals surface area contributed by atoms with Crippen LogP contribution >= 0.6 is 0 Å². The van der Waals surface area contributed by atoms with Gasteiger partial charge in [-0.05, 0) is 38.5 Å². The zero-order valence-electron chi connectivity index (χ0n) is 8.92. The molecular weight excluding hydrogens is 160 g/mol. The first-order valence-corrected chi connectivity index (χ1v) is 5.61. The van der Waals surface area contributed by atoms with Crippen molar-refractivity contribution in [1.82, 2.24) is 4.90 Å². The summed E-state index contributed by atoms with van der Waals surface area (Å²) in [7, 11) is 0. The van der Waals surface area contributed by atoms with Crippen molar-refractivity contribution in [2.45, 2.75) is 51.6 Å². The van der Waals surface area contributed by atoms with Crippen LogP contribution in [0, 0.1) is 5.41 Å². The summed E-state index contributed by atoms with van der Waals surface area (Å²) in [6.07, 6.45) is 5.58. The van der Waals surface area contributed by atoms with Gasteiger partial charge in [0, 0.05) is 25.2 Å². The van der Waals surface area contributed by atoms with Gasteiger partial charge >= 0.3 is 0 Å². The quantitative estimate of drug-likeness (QED) is 0.718. The number of nitrogens with zero attached hydrogens (tertiary/aromatic N) is 1. The van der Waals surface area contributed by atoms with Crippen molar-refractivity contribution in [2.75, 3.05) is 13.1 Å². The Morgan fingerprint density at radius 1 is 1.31 bits per heavy atom. The molecule has 0 aromatic heterocycles. The van der Waals surface area contributed by atoms with Gasteiger partial charge in [-0.15, -0.1) is 0 Å². The molecule has 0 amide bonds. The van der Waals surface area contributed by atoms with Gasteiger partial charge in [-0.1, -0.05) is 6.42 Å². The van der Waals surface area contributed by atoms with E-state index in [1.165, 1.54) is 32.4 Å². The van der Waals surface area contributed by atoms with Crippen molar-refractivity contribution in [2.24, 2.45) is 11.1 Å². The molecule has 1 aliphatic heterocycles. The van der Waals surface area contributed by atoms with Crippen LogP contribution in [0.2, 0.25) is 0 Å². The molecule has 76 valence electrons. The van der Waals surface area contributed by atoms with Gasteiger partial charge in [-0.3, -0.25) is 4.90 Å². The molecule has 2 N–H and O–H groups in total. The maximum absolute atomic E-state index is 5.80. The summed E-state index contributed by atoms with van der Waals surface area (Å²) in [6.45, 7) is 7.12. The van der Waals surface area contributed by atoms with Crippen LogP contribution in [0.3, 0.4) is 0 Å². The summed E-state index contributed by atoms with van der Waals surface area (Å²) in [5.41, 5.74) is 6.57. The largest absolute Gasteiger partial charge is 0.328 e. The van der Waals surface area contributed by atoms with Gasteiger partial charge in [0.05, 0.1) is 0 Å². The predicted molar refractivity (Wildman–Crippen MR) is 55.6 cm³/mol. The summed E-state index contributed by atoms with van der Waals surface area (Å²) in [6, 6.07) is 1.05. The Kier molecular flexibility index (Phi) is 2.37. The monoisotopic (exact) mass is 182 g/mol. The first-order valence-electron chi connectivity index (χ1n) is 5.61. The van der Waals surface area contributed by atoms with Crippen LogP contribution in [-0.4, -0.2) is 30.1 Å². The van der Waals surface area contributed by atoms with Crippen LogP contribution in [0.1, 0.15) is 39.5 Å². The van der Waals surface area contributed by atoms with Gasteiger partial charge in [0.2, 0.25) is 0 Å². The van der Waals surface area contributed by atoms with Crippen molar-refractivity contribution in [1.29, 1.82) is 0 Å². The topological polar surface area (TPSA) is 29.3 Å². The highest BCUT2D eigenvalue weighted by Crippen LogP contribution is 2.48. The standard InChI is InChI=1S/C11H22N2/c1-9(12)6-10(2)13-7-11(8-13)4-3-5-11/h9-10H,3-8,12H2,1-2H3. The predicted octanol–water partition coefficient (Wildman–Crippen LogP) is 1.60. The molecule has 0 radical (unpaired) electrons. The summed E-state index contributed by atoms with van der Waals surface area (Å²) in [5.74, 6) is 0. The molecule has 2 rings (SSSR count). The van der Waals surface area contributed by atoms with Crippen LogP contribution in [0.25, 0.3) is 0 Å². The maximum atomic E-state index is 5.80. The lowest BCUT2D eigenvalue weighted by atomic mass is 9.63. The lowest BCUT2D eigenvalue weighted by Crippen LogP contribution is -2.62. The van der Waals surface area contributed by atoms with Crippen molar-refractivity contribution >= 4 is 0 Å². The molecule has 1 heterocycles. The number of nitrogens with two attached hydrogens (primary N) is 1. The Balaban J connectivity index is 1.72. The highest BCUT2D eigenvalue weighted by Gasteiger charge is 2.48. The molecule has 2 aliphatic rings. The molecule has 0 bridgehead atoms. The van der Waals surface area contributed by atoms with Crippen molar-refractivity contribution in [3.05, 3.63) is 0 Å². The Labute approximate surface area is 81.5 Å². The third-order valence-corrected chi connectivity index (χ3v) is 3.83. The van der Waals surface area contributed by atoms with E-state index in [4.69, 9.17) is 5.73 Å². The summed E-state index contributed by atoms with van der Waals surface area (Å²) in [4.78, 5) is 2.60. The van der Waals surface area contributed by atoms with Crippen molar-refractivity contribution in [3.8, 4) is 0 Å². The second kappa shape index (κ2) is 3.25. The van der Waals surface area contributed by atoms with E-state index in [-0.39, 0.29) is 0 Å². The van der Waals surface area contributed by atoms with Crippen LogP contribution < -0.4 is 5.73 Å². The second-order valence-corrected chi connectivity index (χ2v) is 5.32. The first kappa shape index (κ1) is 9.47. The Bertz CT molecular complexity index is 177. The van der Waals surface area contributed by atoms with E-state index in [2.05, 4.69) is 18.7 Å². The van der Waals surface area contributed by atoms with E-state index in [1.54, 1.807) is 0 Å². The summed E-state index contributed by atoms with van der Waals surface area (Å²) < 4.78 is 0. The number of hydrogen-bond acceptors (Lipinski definition) is 2. The van der Waals surface area contributed by atoms with E-state index in [0.29, 0.717) is 12.1 Å². The Morgan fingerprint density at radius 2 is 1.92 bits per heavy atom. The Hall–Kier alpha value is -0.0800. The van der Waals surface area contributed by atoms with Crippen molar-refractivity contribution < 1.29 is 0 Å². The minimum Gasteiger partial charge on any atom is -0.328 e. The molecule has 2 fully saturated rings. The maximum Gasteiger partial charge on any atom is 0.00820 e. The van der Waals surface area contributed by atoms with Gasteiger partial charge < -0.3 is 5.73 Å². The van der Waals surface area contributed by atoms with Gasteiger partial charge in [0.25, 0.3) is 0 Å². The fraction of sp³-hybridized carbons (Fsp3) is 1.00. The van der Waals surface area contributed by atoms with Crippen LogP contribution in [0.5, 0.6) is 0 Å². The number of rotatable bonds is 3. The molecule has 13 heavy (non-hydrogen) atoms. The fourth-order valence-corrected chi connectivity index (χ4v) is 2.81. The molecule has 2 unspecified atom stereocenters. The molecule has 2 nitrogen and oxygen atoms in total. The molecule has 0 aromatic rings. The highest BCUT2D eigenvalue weighted by atomic mass is 15.2. The number of likely N-dealkylation sites (tertiary alicyclic amines) is 1. The van der Waals surface area contributed by atoms with Gasteiger partial charge in [0.15, 0.2) is 0 Å². The molecule has 2 heteroatoms. The molecule has 1 spiro atoms. The SMILES string of the molecule is CC(N)CC(C)N1CC2(CCC2)C1.